The van der Waals surface area contributed by atoms with Gasteiger partial charge in [-0.1, -0.05) is 0 Å². The number of halogens is 1. The maximum Gasteiger partial charge on any atom is 0.341 e. The molecular weight excluding hydrogens is 391 g/mol. The summed E-state index contributed by atoms with van der Waals surface area (Å²) < 4.78 is 21.2. The third-order valence-corrected chi connectivity index (χ3v) is 6.91. The minimum Gasteiger partial charge on any atom is -0.492 e. The summed E-state index contributed by atoms with van der Waals surface area (Å²) in [4.78, 5) is 26.7. The molecule has 3 fully saturated rings. The van der Waals surface area contributed by atoms with Crippen LogP contribution in [0.5, 0.6) is 5.75 Å². The number of alkyl halides is 1. The third-order valence-electron chi connectivity index (χ3n) is 6.91. The van der Waals surface area contributed by atoms with Gasteiger partial charge in [0.2, 0.25) is 5.43 Å². The monoisotopic (exact) mass is 416 g/mol. The molecule has 2 heterocycles. The zero-order valence-corrected chi connectivity index (χ0v) is 16.7. The summed E-state index contributed by atoms with van der Waals surface area (Å²) >= 11 is 0. The molecule has 9 heteroatoms. The summed E-state index contributed by atoms with van der Waals surface area (Å²) in [6.45, 7) is 1.53. The maximum absolute atomic E-state index is 14.0. The molecule has 5 N–H and O–H groups in total. The number of rotatable bonds is 5. The van der Waals surface area contributed by atoms with Gasteiger partial charge in [0.15, 0.2) is 5.75 Å². The lowest BCUT2D eigenvalue weighted by Gasteiger charge is -2.26. The van der Waals surface area contributed by atoms with Crippen LogP contribution in [0, 0.1) is 5.92 Å². The van der Waals surface area contributed by atoms with E-state index >= 15 is 0 Å². The second-order valence-electron chi connectivity index (χ2n) is 8.81. The van der Waals surface area contributed by atoms with Gasteiger partial charge in [-0.05, 0) is 31.2 Å². The maximum atomic E-state index is 14.0. The Morgan fingerprint density at radius 2 is 2.10 bits per heavy atom. The highest BCUT2D eigenvalue weighted by atomic mass is 19.1. The highest BCUT2D eigenvalue weighted by Crippen LogP contribution is 2.48. The first-order chi connectivity index (χ1) is 14.2. The molecule has 1 aromatic carbocycles. The molecule has 5 rings (SSSR count). The average Bonchev–Trinajstić information content (AvgIpc) is 3.56. The van der Waals surface area contributed by atoms with Crippen LogP contribution in [0.3, 0.4) is 0 Å². The summed E-state index contributed by atoms with van der Waals surface area (Å²) in [6.07, 6.45) is 3.38. The first-order valence-corrected chi connectivity index (χ1v) is 10.2. The van der Waals surface area contributed by atoms with Crippen molar-refractivity contribution < 1.29 is 19.0 Å². The van der Waals surface area contributed by atoms with Crippen molar-refractivity contribution in [3.63, 3.8) is 0 Å². The van der Waals surface area contributed by atoms with Crippen molar-refractivity contribution in [1.29, 1.82) is 0 Å². The van der Waals surface area contributed by atoms with Crippen LogP contribution in [-0.2, 0) is 0 Å². The Morgan fingerprint density at radius 3 is 2.67 bits per heavy atom. The van der Waals surface area contributed by atoms with Gasteiger partial charge in [-0.15, -0.1) is 0 Å². The lowest BCUT2D eigenvalue weighted by Crippen LogP contribution is -2.34. The first kappa shape index (κ1) is 19.2. The quantitative estimate of drug-likeness (QED) is 0.636. The fraction of sp³-hybridized carbons (Fsp3) is 0.524. The number of nitrogen functional groups attached to an aromatic ring is 1. The Hall–Kier alpha value is -2.81. The summed E-state index contributed by atoms with van der Waals surface area (Å²) in [5, 5.41) is 9.53. The molecule has 3 atom stereocenters. The Bertz CT molecular complexity index is 1130. The summed E-state index contributed by atoms with van der Waals surface area (Å²) in [6, 6.07) is 1.12. The second-order valence-corrected chi connectivity index (χ2v) is 8.81. The summed E-state index contributed by atoms with van der Waals surface area (Å²) in [5.74, 6) is -0.585. The number of carboxylic acids is 1. The minimum atomic E-state index is -1.37. The molecule has 30 heavy (non-hydrogen) atoms. The van der Waals surface area contributed by atoms with Crippen molar-refractivity contribution in [3.8, 4) is 5.75 Å². The summed E-state index contributed by atoms with van der Waals surface area (Å²) in [7, 11) is 1.49. The molecular formula is C21H25FN4O4. The fourth-order valence-electron chi connectivity index (χ4n) is 4.83. The van der Waals surface area contributed by atoms with Crippen molar-refractivity contribution in [3.05, 3.63) is 28.0 Å². The van der Waals surface area contributed by atoms with E-state index in [1.807, 2.05) is 0 Å². The van der Waals surface area contributed by atoms with Gasteiger partial charge in [-0.3, -0.25) is 4.79 Å². The van der Waals surface area contributed by atoms with E-state index in [9.17, 15) is 19.1 Å². The number of benzene rings is 1. The van der Waals surface area contributed by atoms with Gasteiger partial charge in [0.05, 0.1) is 29.7 Å². The molecule has 0 unspecified atom stereocenters. The first-order valence-electron chi connectivity index (χ1n) is 10.2. The predicted octanol–water partition coefficient (Wildman–Crippen LogP) is 1.89. The van der Waals surface area contributed by atoms with Crippen LogP contribution in [0.4, 0.5) is 15.8 Å². The number of pyridine rings is 1. The number of aromatic nitrogens is 1. The molecule has 160 valence electrons. The van der Waals surface area contributed by atoms with Crippen LogP contribution in [0.25, 0.3) is 10.9 Å². The van der Waals surface area contributed by atoms with Crippen LogP contribution in [0.1, 0.15) is 42.1 Å². The van der Waals surface area contributed by atoms with E-state index in [1.165, 1.54) is 17.9 Å². The SMILES string of the molecule is COc1c(N2CC[C@@H](C3(N)CC3)C2)cc(N)c2c(=O)c(C(=O)O)cn([C@@H]3C[C@@H]3F)c12. The number of hydrogen-bond acceptors (Lipinski definition) is 6. The lowest BCUT2D eigenvalue weighted by molar-refractivity contribution is 0.0694. The molecule has 0 spiro atoms. The van der Waals surface area contributed by atoms with Gasteiger partial charge in [0.1, 0.15) is 11.7 Å². The highest BCUT2D eigenvalue weighted by molar-refractivity contribution is 6.03. The number of aromatic carboxylic acids is 1. The van der Waals surface area contributed by atoms with E-state index in [4.69, 9.17) is 16.2 Å². The number of methoxy groups -OCH3 is 1. The number of fused-ring (bicyclic) bond motifs is 1. The van der Waals surface area contributed by atoms with Gasteiger partial charge in [0.25, 0.3) is 0 Å². The molecule has 0 bridgehead atoms. The highest BCUT2D eigenvalue weighted by Gasteiger charge is 2.48. The Balaban J connectivity index is 1.72. The van der Waals surface area contributed by atoms with E-state index in [2.05, 4.69) is 4.90 Å². The number of carboxylic acid groups (broad SMARTS) is 1. The molecule has 3 aliphatic rings. The number of nitrogens with zero attached hydrogens (tertiary/aromatic N) is 2. The molecule has 1 aliphatic heterocycles. The van der Waals surface area contributed by atoms with Crippen LogP contribution in [0.15, 0.2) is 17.1 Å². The number of anilines is 2. The largest absolute Gasteiger partial charge is 0.492 e. The van der Waals surface area contributed by atoms with Crippen LogP contribution < -0.4 is 26.5 Å². The van der Waals surface area contributed by atoms with E-state index in [0.717, 1.165) is 38.0 Å². The van der Waals surface area contributed by atoms with Gasteiger partial charge in [-0.2, -0.15) is 0 Å². The van der Waals surface area contributed by atoms with Crippen LogP contribution in [-0.4, -0.2) is 47.6 Å². The Kier molecular flexibility index (Phi) is 4.05. The summed E-state index contributed by atoms with van der Waals surface area (Å²) in [5.41, 5.74) is 12.7. The fourth-order valence-corrected chi connectivity index (χ4v) is 4.83. The molecule has 0 radical (unpaired) electrons. The van der Waals surface area contributed by atoms with Crippen molar-refractivity contribution in [2.24, 2.45) is 11.7 Å². The number of nitrogens with two attached hydrogens (primary N) is 2. The van der Waals surface area contributed by atoms with Crippen LogP contribution in [0.2, 0.25) is 0 Å². The lowest BCUT2D eigenvalue weighted by atomic mass is 9.97. The Labute approximate surface area is 172 Å². The van der Waals surface area contributed by atoms with Gasteiger partial charge in [-0.25, -0.2) is 9.18 Å². The smallest absolute Gasteiger partial charge is 0.341 e. The zero-order valence-electron chi connectivity index (χ0n) is 16.7. The van der Waals surface area contributed by atoms with Gasteiger partial charge >= 0.3 is 5.97 Å². The average molecular weight is 416 g/mol. The van der Waals surface area contributed by atoms with E-state index in [0.29, 0.717) is 17.2 Å². The molecule has 2 saturated carbocycles. The molecule has 2 aliphatic carbocycles. The third kappa shape index (κ3) is 2.75. The van der Waals surface area contributed by atoms with E-state index in [1.54, 1.807) is 6.07 Å². The molecule has 2 aromatic rings. The molecule has 8 nitrogen and oxygen atoms in total. The van der Waals surface area contributed by atoms with E-state index in [-0.39, 0.29) is 23.0 Å². The molecule has 0 amide bonds. The van der Waals surface area contributed by atoms with Gasteiger partial charge < -0.3 is 30.8 Å². The van der Waals surface area contributed by atoms with Crippen molar-refractivity contribution in [2.75, 3.05) is 30.8 Å². The topological polar surface area (TPSA) is 124 Å². The molecule has 1 aromatic heterocycles. The van der Waals surface area contributed by atoms with E-state index < -0.39 is 29.2 Å². The Morgan fingerprint density at radius 1 is 1.40 bits per heavy atom. The van der Waals surface area contributed by atoms with Gasteiger partial charge in [0, 0.05) is 36.9 Å². The molecule has 1 saturated heterocycles. The van der Waals surface area contributed by atoms with Crippen molar-refractivity contribution in [2.45, 2.75) is 43.4 Å². The minimum absolute atomic E-state index is 0.0582. The van der Waals surface area contributed by atoms with Crippen molar-refractivity contribution in [1.82, 2.24) is 4.57 Å². The number of hydrogen-bond donors (Lipinski definition) is 3. The standard InChI is InChI=1S/C21H25FN4O4/c1-30-19-15(25-5-2-10(8-25)21(24)3-4-21)7-13(23)16-17(19)26(14-6-12(14)22)9-11(18(16)27)20(28)29/h7,9-10,12,14H,2-6,8,23-24H2,1H3,(H,28,29)/t10-,12+,14-/m1/s1. The number of ether oxygens (including phenoxy) is 1. The van der Waals surface area contributed by atoms with Crippen molar-refractivity contribution >= 4 is 28.2 Å². The van der Waals surface area contributed by atoms with Crippen LogP contribution >= 0.6 is 0 Å². The normalized spacial score (nSPS) is 26.8. The second kappa shape index (κ2) is 6.34. The number of carbonyl (C=O) groups is 1. The zero-order chi connectivity index (χ0) is 21.4. The predicted molar refractivity (Wildman–Crippen MR) is 111 cm³/mol.